The molecule has 0 N–H and O–H groups in total. The molecule has 3 heteroatoms. The second-order valence-electron chi connectivity index (χ2n) is 4.70. The van der Waals surface area contributed by atoms with Gasteiger partial charge in [-0.3, -0.25) is 9.99 Å². The molecule has 1 aromatic heterocycles. The summed E-state index contributed by atoms with van der Waals surface area (Å²) in [4.78, 5) is 4.28. The van der Waals surface area contributed by atoms with Gasteiger partial charge in [-0.2, -0.15) is 5.10 Å². The highest BCUT2D eigenvalue weighted by Gasteiger charge is 2.04. The minimum absolute atomic E-state index is 0.840. The summed E-state index contributed by atoms with van der Waals surface area (Å²) in [7, 11) is 1.90. The van der Waals surface area contributed by atoms with E-state index in [1.807, 2.05) is 79.8 Å². The maximum atomic E-state index is 4.55. The van der Waals surface area contributed by atoms with E-state index in [2.05, 4.69) is 29.7 Å². The van der Waals surface area contributed by atoms with E-state index >= 15 is 0 Å². The van der Waals surface area contributed by atoms with Crippen molar-refractivity contribution in [3.05, 3.63) is 65.7 Å². The lowest BCUT2D eigenvalue weighted by Crippen LogP contribution is -2.12. The van der Waals surface area contributed by atoms with E-state index in [-0.39, 0.29) is 0 Å². The Balaban J connectivity index is 0. The van der Waals surface area contributed by atoms with Crippen molar-refractivity contribution in [1.29, 1.82) is 0 Å². The quantitative estimate of drug-likeness (QED) is 0.369. The van der Waals surface area contributed by atoms with Crippen LogP contribution in [0.3, 0.4) is 0 Å². The first-order valence-corrected chi connectivity index (χ1v) is 8.66. The van der Waals surface area contributed by atoms with Crippen LogP contribution in [-0.2, 0) is 0 Å². The van der Waals surface area contributed by atoms with Crippen LogP contribution in [-0.4, -0.2) is 22.8 Å². The Morgan fingerprint density at radius 1 is 1.17 bits per heavy atom. The number of aryl methyl sites for hydroxylation is 1. The Hall–Kier alpha value is -2.16. The van der Waals surface area contributed by atoms with Gasteiger partial charge in [0, 0.05) is 24.5 Å². The number of aromatic nitrogens is 1. The standard InChI is InChI=1S/C17H23N3.2C2H6/c1-7-13(2)10-11-14(3)20(6)19-16(5)17-9-8-12-18-15(17)4;2*1-2/h7-12H,3H2,1-2,4-6H3;2*1-2H3/b11-10-,13-7-,19-16+;;. The maximum absolute atomic E-state index is 4.55. The van der Waals surface area contributed by atoms with Crippen LogP contribution >= 0.6 is 0 Å². The number of likely N-dealkylation sites (N-methyl/N-ethyl adjacent to an activating group) is 1. The lowest BCUT2D eigenvalue weighted by atomic mass is 10.1. The number of pyridine rings is 1. The first-order valence-electron chi connectivity index (χ1n) is 8.66. The molecule has 0 atom stereocenters. The number of hydrazone groups is 1. The van der Waals surface area contributed by atoms with Crippen LogP contribution in [0.5, 0.6) is 0 Å². The number of nitrogens with zero attached hydrogens (tertiary/aromatic N) is 3. The Kier molecular flexibility index (Phi) is 14.5. The third kappa shape index (κ3) is 9.09. The van der Waals surface area contributed by atoms with Crippen LogP contribution in [0.15, 0.2) is 59.5 Å². The molecule has 134 valence electrons. The van der Waals surface area contributed by atoms with Gasteiger partial charge < -0.3 is 0 Å². The number of hydrogen-bond acceptors (Lipinski definition) is 3. The molecule has 1 rings (SSSR count). The number of hydrogen-bond donors (Lipinski definition) is 0. The molecular formula is C21H35N3. The van der Waals surface area contributed by atoms with Crippen LogP contribution in [0.1, 0.15) is 59.7 Å². The normalized spacial score (nSPS) is 11.2. The van der Waals surface area contributed by atoms with Crippen molar-refractivity contribution < 1.29 is 0 Å². The Morgan fingerprint density at radius 3 is 2.25 bits per heavy atom. The maximum Gasteiger partial charge on any atom is 0.0669 e. The van der Waals surface area contributed by atoms with Crippen molar-refractivity contribution in [3.63, 3.8) is 0 Å². The fourth-order valence-corrected chi connectivity index (χ4v) is 1.64. The van der Waals surface area contributed by atoms with Crippen LogP contribution in [0.4, 0.5) is 0 Å². The zero-order chi connectivity index (χ0) is 19.1. The molecule has 24 heavy (non-hydrogen) atoms. The number of rotatable bonds is 5. The second kappa shape index (κ2) is 14.4. The molecule has 0 saturated carbocycles. The van der Waals surface area contributed by atoms with Gasteiger partial charge in [-0.15, -0.1) is 0 Å². The molecule has 0 unspecified atom stereocenters. The zero-order valence-corrected chi connectivity index (χ0v) is 17.0. The summed E-state index contributed by atoms with van der Waals surface area (Å²) < 4.78 is 0. The van der Waals surface area contributed by atoms with Crippen molar-refractivity contribution >= 4 is 5.71 Å². The van der Waals surface area contributed by atoms with Crippen LogP contribution < -0.4 is 0 Å². The summed E-state index contributed by atoms with van der Waals surface area (Å²) in [6, 6.07) is 3.95. The minimum atomic E-state index is 0.840. The summed E-state index contributed by atoms with van der Waals surface area (Å²) in [6.45, 7) is 20.1. The molecule has 0 amide bonds. The summed E-state index contributed by atoms with van der Waals surface area (Å²) in [5.74, 6) is 0. The highest BCUT2D eigenvalue weighted by Crippen LogP contribution is 2.09. The predicted molar refractivity (Wildman–Crippen MR) is 109 cm³/mol. The molecule has 0 bridgehead atoms. The van der Waals surface area contributed by atoms with Crippen molar-refractivity contribution in [2.24, 2.45) is 5.10 Å². The molecule has 1 heterocycles. The molecule has 0 aliphatic heterocycles. The highest BCUT2D eigenvalue weighted by atomic mass is 15.4. The molecule has 0 aliphatic carbocycles. The van der Waals surface area contributed by atoms with E-state index in [1.165, 1.54) is 5.57 Å². The average Bonchev–Trinajstić information content (AvgIpc) is 2.62. The van der Waals surface area contributed by atoms with E-state index in [1.54, 1.807) is 11.2 Å². The molecule has 3 nitrogen and oxygen atoms in total. The first kappa shape index (κ1) is 24.1. The van der Waals surface area contributed by atoms with Crippen molar-refractivity contribution in [2.75, 3.05) is 7.05 Å². The van der Waals surface area contributed by atoms with Gasteiger partial charge in [0.05, 0.1) is 11.4 Å². The zero-order valence-electron chi connectivity index (χ0n) is 17.0. The van der Waals surface area contributed by atoms with E-state index in [9.17, 15) is 0 Å². The van der Waals surface area contributed by atoms with Crippen LogP contribution in [0, 0.1) is 6.92 Å². The summed E-state index contributed by atoms with van der Waals surface area (Å²) >= 11 is 0. The molecule has 0 saturated heterocycles. The largest absolute Gasteiger partial charge is 0.269 e. The van der Waals surface area contributed by atoms with Crippen molar-refractivity contribution in [1.82, 2.24) is 9.99 Å². The number of allylic oxidation sites excluding steroid dienone is 4. The molecule has 1 aromatic rings. The molecular weight excluding hydrogens is 294 g/mol. The fourth-order valence-electron chi connectivity index (χ4n) is 1.64. The van der Waals surface area contributed by atoms with Gasteiger partial charge >= 0.3 is 0 Å². The molecule has 0 radical (unpaired) electrons. The molecule has 0 aromatic carbocycles. The van der Waals surface area contributed by atoms with Gasteiger partial charge in [0.25, 0.3) is 0 Å². The van der Waals surface area contributed by atoms with Gasteiger partial charge in [0.1, 0.15) is 0 Å². The van der Waals surface area contributed by atoms with Gasteiger partial charge in [-0.05, 0) is 45.9 Å². The Morgan fingerprint density at radius 2 is 1.75 bits per heavy atom. The van der Waals surface area contributed by atoms with Gasteiger partial charge in [-0.1, -0.05) is 52.0 Å². The molecule has 0 fully saturated rings. The van der Waals surface area contributed by atoms with Crippen LogP contribution in [0.25, 0.3) is 0 Å². The predicted octanol–water partition coefficient (Wildman–Crippen LogP) is 6.13. The Bertz CT molecular complexity index is 566. The van der Waals surface area contributed by atoms with Crippen LogP contribution in [0.2, 0.25) is 0 Å². The SMILES string of the molecule is C=C(/C=C\C(C)=C/C)N(C)/N=C(\C)c1cccnc1C.CC.CC. The molecule has 0 aliphatic rings. The second-order valence-corrected chi connectivity index (χ2v) is 4.70. The topological polar surface area (TPSA) is 28.5 Å². The fraction of sp³-hybridized carbons (Fsp3) is 0.429. The van der Waals surface area contributed by atoms with Gasteiger partial charge in [0.15, 0.2) is 0 Å². The lowest BCUT2D eigenvalue weighted by molar-refractivity contribution is 0.463. The van der Waals surface area contributed by atoms with E-state index in [4.69, 9.17) is 0 Å². The first-order chi connectivity index (χ1) is 11.5. The highest BCUT2D eigenvalue weighted by molar-refractivity contribution is 5.99. The average molecular weight is 330 g/mol. The molecule has 0 spiro atoms. The monoisotopic (exact) mass is 329 g/mol. The van der Waals surface area contributed by atoms with E-state index in [0.717, 1.165) is 22.7 Å². The third-order valence-electron chi connectivity index (χ3n) is 3.11. The van der Waals surface area contributed by atoms with Gasteiger partial charge in [0.2, 0.25) is 0 Å². The van der Waals surface area contributed by atoms with Crippen molar-refractivity contribution in [2.45, 2.75) is 55.4 Å². The lowest BCUT2D eigenvalue weighted by Gasteiger charge is -2.15. The minimum Gasteiger partial charge on any atom is -0.269 e. The third-order valence-corrected chi connectivity index (χ3v) is 3.11. The summed E-state index contributed by atoms with van der Waals surface area (Å²) in [5, 5.41) is 6.33. The van der Waals surface area contributed by atoms with Crippen molar-refractivity contribution in [3.8, 4) is 0 Å². The van der Waals surface area contributed by atoms with E-state index < -0.39 is 0 Å². The summed E-state index contributed by atoms with van der Waals surface area (Å²) in [6.07, 6.45) is 7.83. The van der Waals surface area contributed by atoms with Gasteiger partial charge in [-0.25, -0.2) is 0 Å². The summed E-state index contributed by atoms with van der Waals surface area (Å²) in [5.41, 5.74) is 5.00. The Labute approximate surface area is 149 Å². The van der Waals surface area contributed by atoms with E-state index in [0.29, 0.717) is 0 Å². The smallest absolute Gasteiger partial charge is 0.0669 e.